The van der Waals surface area contributed by atoms with Crippen LogP contribution in [0.25, 0.3) is 0 Å². The molecule has 100 valence electrons. The zero-order valence-electron chi connectivity index (χ0n) is 10.7. The molecule has 1 atom stereocenters. The molecule has 18 heavy (non-hydrogen) atoms. The fourth-order valence-electron chi connectivity index (χ4n) is 1.47. The number of nitrogens with one attached hydrogen (secondary N) is 1. The minimum absolute atomic E-state index is 0.0838. The van der Waals surface area contributed by atoms with Gasteiger partial charge < -0.3 is 15.0 Å². The molecule has 0 saturated heterocycles. The van der Waals surface area contributed by atoms with Crippen LogP contribution in [-0.2, 0) is 11.8 Å². The van der Waals surface area contributed by atoms with Crippen LogP contribution in [0, 0.1) is 5.41 Å². The number of hydrogen-bond donors (Lipinski definition) is 2. The molecule has 1 aromatic rings. The molecule has 0 saturated carbocycles. The van der Waals surface area contributed by atoms with E-state index >= 15 is 0 Å². The van der Waals surface area contributed by atoms with Gasteiger partial charge in [0.2, 0.25) is 0 Å². The van der Waals surface area contributed by atoms with Gasteiger partial charge in [-0.25, -0.2) is 0 Å². The van der Waals surface area contributed by atoms with Crippen LogP contribution in [0.5, 0.6) is 0 Å². The maximum atomic E-state index is 11.9. The van der Waals surface area contributed by atoms with Crippen LogP contribution >= 0.6 is 11.6 Å². The highest BCUT2D eigenvalue weighted by atomic mass is 35.5. The fourth-order valence-corrected chi connectivity index (χ4v) is 1.72. The number of carbonyl (C=O) groups is 2. The maximum absolute atomic E-state index is 11.9. The van der Waals surface area contributed by atoms with Crippen molar-refractivity contribution in [1.29, 1.82) is 0 Å². The van der Waals surface area contributed by atoms with Crippen LogP contribution < -0.4 is 5.32 Å². The lowest BCUT2D eigenvalue weighted by Crippen LogP contribution is -2.41. The molecule has 6 heteroatoms. The Hall–Kier alpha value is -1.49. The van der Waals surface area contributed by atoms with E-state index in [4.69, 9.17) is 16.7 Å². The average molecular weight is 273 g/mol. The smallest absolute Gasteiger partial charge is 0.311 e. The number of aryl methyl sites for hydroxylation is 1. The minimum Gasteiger partial charge on any atom is -0.481 e. The van der Waals surface area contributed by atoms with Crippen molar-refractivity contribution < 1.29 is 14.7 Å². The molecule has 0 spiro atoms. The predicted octanol–water partition coefficient (Wildman–Crippen LogP) is 1.91. The Morgan fingerprint density at radius 2 is 2.17 bits per heavy atom. The minimum atomic E-state index is -0.954. The highest BCUT2D eigenvalue weighted by Gasteiger charge is 2.31. The first-order valence-electron chi connectivity index (χ1n) is 5.63. The SMILES string of the molecule is CCC(C)(CNC(=O)c1cc(Cl)cn1C)C(=O)O. The third-order valence-electron chi connectivity index (χ3n) is 3.14. The highest BCUT2D eigenvalue weighted by Crippen LogP contribution is 2.20. The van der Waals surface area contributed by atoms with Crippen LogP contribution in [0.1, 0.15) is 30.8 Å². The number of carboxylic acids is 1. The van der Waals surface area contributed by atoms with Gasteiger partial charge in [0.25, 0.3) is 5.91 Å². The van der Waals surface area contributed by atoms with Crippen LogP contribution in [0.15, 0.2) is 12.3 Å². The summed E-state index contributed by atoms with van der Waals surface area (Å²) in [4.78, 5) is 23.0. The van der Waals surface area contributed by atoms with Crippen molar-refractivity contribution in [2.45, 2.75) is 20.3 Å². The van der Waals surface area contributed by atoms with Crippen molar-refractivity contribution in [3.63, 3.8) is 0 Å². The van der Waals surface area contributed by atoms with Gasteiger partial charge in [0.15, 0.2) is 0 Å². The zero-order valence-corrected chi connectivity index (χ0v) is 11.4. The van der Waals surface area contributed by atoms with Crippen LogP contribution in [0.4, 0.5) is 0 Å². The van der Waals surface area contributed by atoms with E-state index in [2.05, 4.69) is 5.32 Å². The molecule has 2 N–H and O–H groups in total. The molecule has 1 amide bonds. The molecule has 5 nitrogen and oxygen atoms in total. The van der Waals surface area contributed by atoms with Crippen molar-refractivity contribution in [2.75, 3.05) is 6.54 Å². The number of rotatable bonds is 5. The molecule has 0 bridgehead atoms. The summed E-state index contributed by atoms with van der Waals surface area (Å²) in [7, 11) is 1.71. The monoisotopic (exact) mass is 272 g/mol. The standard InChI is InChI=1S/C12H17ClN2O3/c1-4-12(2,11(17)18)7-14-10(16)9-5-8(13)6-15(9)3/h5-6H,4,7H2,1-3H3,(H,14,16)(H,17,18). The van der Waals surface area contributed by atoms with Gasteiger partial charge in [-0.3, -0.25) is 9.59 Å². The summed E-state index contributed by atoms with van der Waals surface area (Å²) in [6.45, 7) is 3.47. The molecule has 0 aliphatic rings. The van der Waals surface area contributed by atoms with E-state index in [1.807, 2.05) is 0 Å². The summed E-state index contributed by atoms with van der Waals surface area (Å²) in [6, 6.07) is 1.54. The number of halogens is 1. The van der Waals surface area contributed by atoms with E-state index in [0.29, 0.717) is 17.1 Å². The van der Waals surface area contributed by atoms with Crippen molar-refractivity contribution >= 4 is 23.5 Å². The number of amides is 1. The lowest BCUT2D eigenvalue weighted by molar-refractivity contribution is -0.147. The fraction of sp³-hybridized carbons (Fsp3) is 0.500. The number of aliphatic carboxylic acids is 1. The third-order valence-corrected chi connectivity index (χ3v) is 3.35. The molecule has 1 heterocycles. The number of carboxylic acid groups (broad SMARTS) is 1. The van der Waals surface area contributed by atoms with Gasteiger partial charge in [-0.15, -0.1) is 0 Å². The zero-order chi connectivity index (χ0) is 13.9. The Labute approximate surface area is 111 Å². The Bertz CT molecular complexity index is 470. The largest absolute Gasteiger partial charge is 0.481 e. The number of nitrogens with zero attached hydrogens (tertiary/aromatic N) is 1. The molecule has 1 aromatic heterocycles. The molecule has 1 unspecified atom stereocenters. The summed E-state index contributed by atoms with van der Waals surface area (Å²) >= 11 is 5.78. The van der Waals surface area contributed by atoms with Gasteiger partial charge in [0.1, 0.15) is 5.69 Å². The third kappa shape index (κ3) is 3.04. The van der Waals surface area contributed by atoms with Gasteiger partial charge in [-0.2, -0.15) is 0 Å². The summed E-state index contributed by atoms with van der Waals surface area (Å²) in [5.41, 5.74) is -0.547. The molecular weight excluding hydrogens is 256 g/mol. The lowest BCUT2D eigenvalue weighted by atomic mass is 9.88. The van der Waals surface area contributed by atoms with Crippen molar-refractivity contribution in [2.24, 2.45) is 12.5 Å². The normalized spacial score (nSPS) is 14.0. The second-order valence-electron chi connectivity index (χ2n) is 4.56. The van der Waals surface area contributed by atoms with E-state index in [-0.39, 0.29) is 12.5 Å². The Kier molecular flexibility index (Phi) is 4.40. The first-order chi connectivity index (χ1) is 8.30. The highest BCUT2D eigenvalue weighted by molar-refractivity contribution is 6.31. The van der Waals surface area contributed by atoms with E-state index in [1.54, 1.807) is 37.7 Å². The second-order valence-corrected chi connectivity index (χ2v) is 4.99. The molecule has 1 rings (SSSR count). The van der Waals surface area contributed by atoms with Crippen molar-refractivity contribution in [1.82, 2.24) is 9.88 Å². The summed E-state index contributed by atoms with van der Waals surface area (Å²) in [5.74, 6) is -1.25. The topological polar surface area (TPSA) is 71.3 Å². The average Bonchev–Trinajstić information content (AvgIpc) is 2.64. The molecule has 0 aliphatic heterocycles. The predicted molar refractivity (Wildman–Crippen MR) is 68.8 cm³/mol. The van der Waals surface area contributed by atoms with Crippen molar-refractivity contribution in [3.05, 3.63) is 23.0 Å². The summed E-state index contributed by atoms with van der Waals surface area (Å²) < 4.78 is 1.60. The van der Waals surface area contributed by atoms with E-state index in [1.165, 1.54) is 0 Å². The van der Waals surface area contributed by atoms with E-state index in [0.717, 1.165) is 0 Å². The molecular formula is C12H17ClN2O3. The van der Waals surface area contributed by atoms with Crippen LogP contribution in [0.2, 0.25) is 5.02 Å². The molecule has 0 aromatic carbocycles. The first kappa shape index (κ1) is 14.6. The second kappa shape index (κ2) is 5.44. The summed E-state index contributed by atoms with van der Waals surface area (Å²) in [6.07, 6.45) is 2.06. The Morgan fingerprint density at radius 3 is 2.56 bits per heavy atom. The molecule has 0 aliphatic carbocycles. The van der Waals surface area contributed by atoms with Gasteiger partial charge in [0.05, 0.1) is 10.4 Å². The Morgan fingerprint density at radius 1 is 1.56 bits per heavy atom. The number of aromatic nitrogens is 1. The first-order valence-corrected chi connectivity index (χ1v) is 6.01. The lowest BCUT2D eigenvalue weighted by Gasteiger charge is -2.23. The van der Waals surface area contributed by atoms with E-state index in [9.17, 15) is 9.59 Å². The van der Waals surface area contributed by atoms with Crippen LogP contribution in [-0.4, -0.2) is 28.1 Å². The quantitative estimate of drug-likeness (QED) is 0.860. The molecule has 0 radical (unpaired) electrons. The van der Waals surface area contributed by atoms with Crippen molar-refractivity contribution in [3.8, 4) is 0 Å². The number of carbonyl (C=O) groups excluding carboxylic acids is 1. The molecule has 0 fully saturated rings. The van der Waals surface area contributed by atoms with Gasteiger partial charge >= 0.3 is 5.97 Å². The van der Waals surface area contributed by atoms with Gasteiger partial charge in [-0.05, 0) is 19.4 Å². The van der Waals surface area contributed by atoms with Crippen LogP contribution in [0.3, 0.4) is 0 Å². The van der Waals surface area contributed by atoms with Gasteiger partial charge in [0, 0.05) is 19.8 Å². The summed E-state index contributed by atoms with van der Waals surface area (Å²) in [5, 5.41) is 12.2. The van der Waals surface area contributed by atoms with E-state index < -0.39 is 11.4 Å². The van der Waals surface area contributed by atoms with Gasteiger partial charge in [-0.1, -0.05) is 18.5 Å². The maximum Gasteiger partial charge on any atom is 0.311 e. The number of hydrogen-bond acceptors (Lipinski definition) is 2. The Balaban J connectivity index is 2.72.